The van der Waals surface area contributed by atoms with E-state index in [2.05, 4.69) is 31.0 Å². The number of carbonyl (C=O) groups excluding carboxylic acids is 2. The van der Waals surface area contributed by atoms with Crippen LogP contribution in [0.15, 0.2) is 24.3 Å². The molecule has 0 saturated heterocycles. The first kappa shape index (κ1) is 19.3. The van der Waals surface area contributed by atoms with Crippen molar-refractivity contribution in [2.75, 3.05) is 18.4 Å². The third kappa shape index (κ3) is 3.93. The maximum atomic E-state index is 12.6. The number of amides is 3. The number of nitrogens with zero attached hydrogens (tertiary/aromatic N) is 4. The van der Waals surface area contributed by atoms with E-state index < -0.39 is 6.03 Å². The van der Waals surface area contributed by atoms with Crippen molar-refractivity contribution in [3.05, 3.63) is 41.3 Å². The molecule has 0 aromatic carbocycles. The topological polar surface area (TPSA) is 113 Å². The summed E-state index contributed by atoms with van der Waals surface area (Å²) in [6.07, 6.45) is 0. The van der Waals surface area contributed by atoms with Gasteiger partial charge in [0.2, 0.25) is 0 Å². The molecule has 3 amide bonds. The van der Waals surface area contributed by atoms with E-state index in [0.29, 0.717) is 24.4 Å². The lowest BCUT2D eigenvalue weighted by molar-refractivity contribution is 0.0948. The Morgan fingerprint density at radius 1 is 1.04 bits per heavy atom. The molecule has 9 nitrogen and oxygen atoms in total. The van der Waals surface area contributed by atoms with Gasteiger partial charge < -0.3 is 10.6 Å². The normalized spacial score (nSPS) is 10.7. The maximum absolute atomic E-state index is 12.6. The highest BCUT2D eigenvalue weighted by atomic mass is 16.2. The number of anilines is 1. The lowest BCUT2D eigenvalue weighted by Crippen LogP contribution is -2.28. The van der Waals surface area contributed by atoms with E-state index in [-0.39, 0.29) is 11.9 Å². The van der Waals surface area contributed by atoms with Crippen LogP contribution >= 0.6 is 0 Å². The number of pyridine rings is 2. The Hall–Kier alpha value is -3.49. The van der Waals surface area contributed by atoms with Gasteiger partial charge >= 0.3 is 6.03 Å². The Morgan fingerprint density at radius 2 is 1.79 bits per heavy atom. The van der Waals surface area contributed by atoms with Crippen molar-refractivity contribution in [2.24, 2.45) is 0 Å². The molecule has 3 N–H and O–H groups in total. The summed E-state index contributed by atoms with van der Waals surface area (Å²) >= 11 is 0. The van der Waals surface area contributed by atoms with Gasteiger partial charge in [-0.2, -0.15) is 4.98 Å². The summed E-state index contributed by atoms with van der Waals surface area (Å²) < 4.78 is 1.42. The second-order valence-corrected chi connectivity index (χ2v) is 6.26. The van der Waals surface area contributed by atoms with Gasteiger partial charge in [0.05, 0.1) is 0 Å². The number of aromatic nitrogens is 4. The number of nitrogens with one attached hydrogen (secondary N) is 3. The molecule has 0 fully saturated rings. The van der Waals surface area contributed by atoms with Crippen molar-refractivity contribution in [1.82, 2.24) is 30.2 Å². The van der Waals surface area contributed by atoms with Crippen LogP contribution in [0.4, 0.5) is 10.7 Å². The van der Waals surface area contributed by atoms with Crippen molar-refractivity contribution in [3.8, 4) is 11.1 Å². The molecular weight excluding hydrogens is 358 g/mol. The number of rotatable bonds is 5. The predicted octanol–water partition coefficient (Wildman–Crippen LogP) is 2.30. The van der Waals surface area contributed by atoms with E-state index in [0.717, 1.165) is 22.5 Å². The lowest BCUT2D eigenvalue weighted by atomic mass is 10.0. The van der Waals surface area contributed by atoms with E-state index in [1.54, 1.807) is 6.07 Å². The molecule has 0 spiro atoms. The second-order valence-electron chi connectivity index (χ2n) is 6.26. The van der Waals surface area contributed by atoms with Gasteiger partial charge in [-0.15, -0.1) is 5.10 Å². The predicted molar refractivity (Wildman–Crippen MR) is 106 cm³/mol. The fourth-order valence-corrected chi connectivity index (χ4v) is 2.90. The third-order valence-electron chi connectivity index (χ3n) is 4.11. The Balaban J connectivity index is 2.13. The molecule has 3 aromatic heterocycles. The highest BCUT2D eigenvalue weighted by molar-refractivity contribution is 5.95. The minimum atomic E-state index is -0.406. The van der Waals surface area contributed by atoms with E-state index in [1.165, 1.54) is 4.52 Å². The summed E-state index contributed by atoms with van der Waals surface area (Å²) in [6.45, 7) is 8.47. The molecule has 3 rings (SSSR count). The van der Waals surface area contributed by atoms with Gasteiger partial charge in [-0.05, 0) is 51.5 Å². The summed E-state index contributed by atoms with van der Waals surface area (Å²) in [5, 5.41) is 12.2. The molecule has 146 valence electrons. The van der Waals surface area contributed by atoms with Crippen molar-refractivity contribution >= 4 is 23.5 Å². The van der Waals surface area contributed by atoms with Crippen LogP contribution < -0.4 is 16.0 Å². The van der Waals surface area contributed by atoms with Crippen LogP contribution in [0, 0.1) is 13.8 Å². The zero-order valence-electron chi connectivity index (χ0n) is 16.3. The van der Waals surface area contributed by atoms with Crippen molar-refractivity contribution in [3.63, 3.8) is 0 Å². The molecule has 3 aromatic rings. The summed E-state index contributed by atoms with van der Waals surface area (Å²) in [6, 6.07) is 7.05. The minimum Gasteiger partial charge on any atom is -0.351 e. The van der Waals surface area contributed by atoms with Crippen LogP contribution in [0.1, 0.15) is 35.7 Å². The van der Waals surface area contributed by atoms with Gasteiger partial charge in [-0.1, -0.05) is 6.07 Å². The highest BCUT2D eigenvalue weighted by Gasteiger charge is 2.17. The third-order valence-corrected chi connectivity index (χ3v) is 4.11. The SMILES string of the molecule is CCNC(=O)Nc1nc2cc(-c3ccc(C)nc3C)cc(C(=O)NCC)n2n1. The molecule has 9 heteroatoms. The van der Waals surface area contributed by atoms with Gasteiger partial charge in [-0.3, -0.25) is 15.1 Å². The molecule has 0 atom stereocenters. The van der Waals surface area contributed by atoms with Crippen LogP contribution in [0.5, 0.6) is 0 Å². The molecular formula is C19H23N7O2. The molecule has 0 aliphatic rings. The number of hydrogen-bond donors (Lipinski definition) is 3. The quantitative estimate of drug-likeness (QED) is 0.628. The van der Waals surface area contributed by atoms with Crippen molar-refractivity contribution < 1.29 is 9.59 Å². The molecule has 0 radical (unpaired) electrons. The van der Waals surface area contributed by atoms with Crippen molar-refractivity contribution in [2.45, 2.75) is 27.7 Å². The maximum Gasteiger partial charge on any atom is 0.321 e. The fourth-order valence-electron chi connectivity index (χ4n) is 2.90. The van der Waals surface area contributed by atoms with E-state index >= 15 is 0 Å². The van der Waals surface area contributed by atoms with Gasteiger partial charge in [0, 0.05) is 30.0 Å². The summed E-state index contributed by atoms with van der Waals surface area (Å²) in [4.78, 5) is 33.2. The molecule has 0 aliphatic carbocycles. The number of hydrogen-bond acceptors (Lipinski definition) is 5. The molecule has 0 bridgehead atoms. The summed E-state index contributed by atoms with van der Waals surface area (Å²) in [7, 11) is 0. The number of aryl methyl sites for hydroxylation is 2. The number of urea groups is 1. The zero-order valence-corrected chi connectivity index (χ0v) is 16.3. The van der Waals surface area contributed by atoms with Gasteiger partial charge in [-0.25, -0.2) is 9.31 Å². The molecule has 3 heterocycles. The van der Waals surface area contributed by atoms with Crippen molar-refractivity contribution in [1.29, 1.82) is 0 Å². The van der Waals surface area contributed by atoms with Gasteiger partial charge in [0.25, 0.3) is 11.9 Å². The zero-order chi connectivity index (χ0) is 20.3. The highest BCUT2D eigenvalue weighted by Crippen LogP contribution is 2.25. The van der Waals surface area contributed by atoms with E-state index in [9.17, 15) is 9.59 Å². The molecule has 0 unspecified atom stereocenters. The van der Waals surface area contributed by atoms with Crippen LogP contribution in [-0.4, -0.2) is 44.6 Å². The average molecular weight is 381 g/mol. The van der Waals surface area contributed by atoms with Crippen LogP contribution in [-0.2, 0) is 0 Å². The fraction of sp³-hybridized carbons (Fsp3) is 0.316. The Labute approximate surface area is 162 Å². The second kappa shape index (κ2) is 8.03. The summed E-state index contributed by atoms with van der Waals surface area (Å²) in [5.74, 6) is -0.158. The first-order chi connectivity index (χ1) is 13.4. The first-order valence-electron chi connectivity index (χ1n) is 9.11. The van der Waals surface area contributed by atoms with Gasteiger partial charge in [0.15, 0.2) is 5.65 Å². The standard InChI is InChI=1S/C19H23N7O2/c1-5-20-17(27)15-9-13(14-8-7-11(3)22-12(14)4)10-16-23-18(25-26(15)16)24-19(28)21-6-2/h7-10H,5-6H2,1-4H3,(H,20,27)(H2,21,24,25,28). The first-order valence-corrected chi connectivity index (χ1v) is 9.11. The number of carbonyl (C=O) groups is 2. The average Bonchev–Trinajstić information content (AvgIpc) is 3.03. The largest absolute Gasteiger partial charge is 0.351 e. The van der Waals surface area contributed by atoms with Crippen LogP contribution in [0.25, 0.3) is 16.8 Å². The Morgan fingerprint density at radius 3 is 2.46 bits per heavy atom. The molecule has 0 saturated carbocycles. The lowest BCUT2D eigenvalue weighted by Gasteiger charge is -2.10. The Kier molecular flexibility index (Phi) is 5.53. The Bertz CT molecular complexity index is 1040. The van der Waals surface area contributed by atoms with E-state index in [4.69, 9.17) is 0 Å². The summed E-state index contributed by atoms with van der Waals surface area (Å²) in [5.41, 5.74) is 4.25. The number of fused-ring (bicyclic) bond motifs is 1. The minimum absolute atomic E-state index is 0.118. The van der Waals surface area contributed by atoms with E-state index in [1.807, 2.05) is 45.9 Å². The monoisotopic (exact) mass is 381 g/mol. The van der Waals surface area contributed by atoms with Crippen LogP contribution in [0.3, 0.4) is 0 Å². The van der Waals surface area contributed by atoms with Gasteiger partial charge in [0.1, 0.15) is 5.69 Å². The smallest absolute Gasteiger partial charge is 0.321 e. The molecule has 0 aliphatic heterocycles. The molecule has 28 heavy (non-hydrogen) atoms. The van der Waals surface area contributed by atoms with Crippen LogP contribution in [0.2, 0.25) is 0 Å².